The van der Waals surface area contributed by atoms with Crippen molar-refractivity contribution in [2.24, 2.45) is 0 Å². The molecule has 0 radical (unpaired) electrons. The third-order valence-corrected chi connectivity index (χ3v) is 2.41. The van der Waals surface area contributed by atoms with Crippen LogP contribution in [0.1, 0.15) is 18.4 Å². The van der Waals surface area contributed by atoms with Gasteiger partial charge in [0.1, 0.15) is 0 Å². The monoisotopic (exact) mass is 214 g/mol. The molecule has 1 aromatic carbocycles. The Bertz CT molecular complexity index is 416. The molecule has 0 bridgehead atoms. The Morgan fingerprint density at radius 3 is 2.75 bits per heavy atom. The Morgan fingerprint density at radius 1 is 1.25 bits per heavy atom. The lowest BCUT2D eigenvalue weighted by molar-refractivity contribution is -0.114. The Kier molecular flexibility index (Phi) is 3.54. The van der Waals surface area contributed by atoms with Gasteiger partial charge in [0, 0.05) is 0 Å². The van der Waals surface area contributed by atoms with Gasteiger partial charge in [0.2, 0.25) is 5.78 Å². The number of benzene rings is 1. The van der Waals surface area contributed by atoms with Crippen LogP contribution in [0, 0.1) is 0 Å². The molecule has 1 aromatic rings. The molecule has 1 heterocycles. The number of carbonyl (C=O) groups excluding carboxylic acids is 1. The van der Waals surface area contributed by atoms with Crippen molar-refractivity contribution in [3.63, 3.8) is 0 Å². The SMILES string of the molecule is O=C(/C=C/c1ccccc1)C1=CCCCO1. The Balaban J connectivity index is 2.02. The van der Waals surface area contributed by atoms with Crippen molar-refractivity contribution in [2.75, 3.05) is 6.61 Å². The van der Waals surface area contributed by atoms with Crippen molar-refractivity contribution in [1.82, 2.24) is 0 Å². The first-order valence-corrected chi connectivity index (χ1v) is 5.47. The number of rotatable bonds is 3. The van der Waals surface area contributed by atoms with Gasteiger partial charge in [-0.2, -0.15) is 0 Å². The zero-order valence-corrected chi connectivity index (χ0v) is 9.06. The topological polar surface area (TPSA) is 26.3 Å². The molecule has 2 rings (SSSR count). The van der Waals surface area contributed by atoms with Gasteiger partial charge in [-0.1, -0.05) is 36.4 Å². The smallest absolute Gasteiger partial charge is 0.220 e. The number of allylic oxidation sites excluding steroid dienone is 2. The zero-order valence-electron chi connectivity index (χ0n) is 9.06. The lowest BCUT2D eigenvalue weighted by atomic mass is 10.1. The average Bonchev–Trinajstić information content (AvgIpc) is 2.38. The van der Waals surface area contributed by atoms with Crippen molar-refractivity contribution in [3.8, 4) is 0 Å². The summed E-state index contributed by atoms with van der Waals surface area (Å²) in [5.74, 6) is 0.432. The minimum Gasteiger partial charge on any atom is -0.490 e. The molecule has 0 saturated carbocycles. The quantitative estimate of drug-likeness (QED) is 0.723. The van der Waals surface area contributed by atoms with Crippen LogP contribution < -0.4 is 0 Å². The van der Waals surface area contributed by atoms with Crippen LogP contribution in [0.5, 0.6) is 0 Å². The second-order valence-electron chi connectivity index (χ2n) is 3.67. The van der Waals surface area contributed by atoms with E-state index in [9.17, 15) is 4.79 Å². The molecule has 0 spiro atoms. The predicted molar refractivity (Wildman–Crippen MR) is 63.8 cm³/mol. The van der Waals surface area contributed by atoms with Crippen molar-refractivity contribution in [2.45, 2.75) is 12.8 Å². The fraction of sp³-hybridized carbons (Fsp3) is 0.214. The van der Waals surface area contributed by atoms with Gasteiger partial charge in [-0.05, 0) is 30.6 Å². The van der Waals surface area contributed by atoms with Crippen molar-refractivity contribution >= 4 is 11.9 Å². The van der Waals surface area contributed by atoms with Crippen LogP contribution in [0.4, 0.5) is 0 Å². The standard InChI is InChI=1S/C14H14O2/c15-13(14-8-4-5-11-16-14)10-9-12-6-2-1-3-7-12/h1-3,6-10H,4-5,11H2/b10-9+. The molecule has 0 N–H and O–H groups in total. The normalized spacial score (nSPS) is 15.6. The first-order valence-electron chi connectivity index (χ1n) is 5.47. The highest BCUT2D eigenvalue weighted by molar-refractivity contribution is 6.04. The Morgan fingerprint density at radius 2 is 2.06 bits per heavy atom. The van der Waals surface area contributed by atoms with Gasteiger partial charge in [-0.15, -0.1) is 0 Å². The van der Waals surface area contributed by atoms with Gasteiger partial charge < -0.3 is 4.74 Å². The van der Waals surface area contributed by atoms with Crippen LogP contribution in [0.15, 0.2) is 48.2 Å². The Hall–Kier alpha value is -1.83. The van der Waals surface area contributed by atoms with E-state index in [0.29, 0.717) is 12.4 Å². The highest BCUT2D eigenvalue weighted by atomic mass is 16.5. The van der Waals surface area contributed by atoms with Crippen LogP contribution in [-0.4, -0.2) is 12.4 Å². The van der Waals surface area contributed by atoms with E-state index in [1.165, 1.54) is 0 Å². The van der Waals surface area contributed by atoms with Gasteiger partial charge >= 0.3 is 0 Å². The lowest BCUT2D eigenvalue weighted by Gasteiger charge is -2.11. The summed E-state index contributed by atoms with van der Waals surface area (Å²) < 4.78 is 5.29. The van der Waals surface area contributed by atoms with E-state index in [2.05, 4.69) is 0 Å². The van der Waals surface area contributed by atoms with Crippen LogP contribution in [0.2, 0.25) is 0 Å². The van der Waals surface area contributed by atoms with E-state index < -0.39 is 0 Å². The van der Waals surface area contributed by atoms with Crippen molar-refractivity contribution in [3.05, 3.63) is 53.8 Å². The largest absolute Gasteiger partial charge is 0.490 e. The third-order valence-electron chi connectivity index (χ3n) is 2.41. The molecule has 0 aliphatic carbocycles. The van der Waals surface area contributed by atoms with Crippen LogP contribution in [-0.2, 0) is 9.53 Å². The van der Waals surface area contributed by atoms with E-state index >= 15 is 0 Å². The minimum atomic E-state index is -0.0523. The summed E-state index contributed by atoms with van der Waals surface area (Å²) in [5, 5.41) is 0. The molecule has 1 aliphatic rings. The molecule has 0 aromatic heterocycles. The third kappa shape index (κ3) is 2.83. The van der Waals surface area contributed by atoms with E-state index in [-0.39, 0.29) is 5.78 Å². The second kappa shape index (κ2) is 5.31. The summed E-state index contributed by atoms with van der Waals surface area (Å²) in [6.45, 7) is 0.650. The summed E-state index contributed by atoms with van der Waals surface area (Å²) in [5.41, 5.74) is 1.02. The van der Waals surface area contributed by atoms with Gasteiger partial charge in [0.15, 0.2) is 5.76 Å². The zero-order chi connectivity index (χ0) is 11.2. The molecule has 0 atom stereocenters. The van der Waals surface area contributed by atoms with E-state index in [0.717, 1.165) is 18.4 Å². The fourth-order valence-electron chi connectivity index (χ4n) is 1.55. The molecule has 82 valence electrons. The first-order chi connectivity index (χ1) is 7.86. The summed E-state index contributed by atoms with van der Waals surface area (Å²) >= 11 is 0. The molecule has 0 saturated heterocycles. The summed E-state index contributed by atoms with van der Waals surface area (Å²) in [6.07, 6.45) is 7.16. The van der Waals surface area contributed by atoms with Crippen molar-refractivity contribution in [1.29, 1.82) is 0 Å². The van der Waals surface area contributed by atoms with Crippen LogP contribution >= 0.6 is 0 Å². The van der Waals surface area contributed by atoms with E-state index in [1.54, 1.807) is 12.2 Å². The van der Waals surface area contributed by atoms with Crippen molar-refractivity contribution < 1.29 is 9.53 Å². The van der Waals surface area contributed by atoms with Gasteiger partial charge in [0.05, 0.1) is 6.61 Å². The number of carbonyl (C=O) groups is 1. The summed E-state index contributed by atoms with van der Waals surface area (Å²) in [6, 6.07) is 9.76. The van der Waals surface area contributed by atoms with Gasteiger partial charge in [0.25, 0.3) is 0 Å². The maximum atomic E-state index is 11.7. The highest BCUT2D eigenvalue weighted by Gasteiger charge is 2.10. The summed E-state index contributed by atoms with van der Waals surface area (Å²) in [4.78, 5) is 11.7. The molecular weight excluding hydrogens is 200 g/mol. The number of hydrogen-bond acceptors (Lipinski definition) is 2. The number of ether oxygens (including phenoxy) is 1. The first kappa shape index (κ1) is 10.7. The average molecular weight is 214 g/mol. The molecule has 2 nitrogen and oxygen atoms in total. The van der Waals surface area contributed by atoms with Gasteiger partial charge in [-0.3, -0.25) is 4.79 Å². The maximum Gasteiger partial charge on any atom is 0.220 e. The molecule has 2 heteroatoms. The molecule has 0 unspecified atom stereocenters. The maximum absolute atomic E-state index is 11.7. The Labute approximate surface area is 95.2 Å². The predicted octanol–water partition coefficient (Wildman–Crippen LogP) is 2.96. The van der Waals surface area contributed by atoms with E-state index in [1.807, 2.05) is 36.4 Å². The molecule has 1 aliphatic heterocycles. The highest BCUT2D eigenvalue weighted by Crippen LogP contribution is 2.12. The number of hydrogen-bond donors (Lipinski definition) is 0. The molecule has 0 amide bonds. The molecule has 16 heavy (non-hydrogen) atoms. The molecular formula is C14H14O2. The lowest BCUT2D eigenvalue weighted by Crippen LogP contribution is -2.08. The van der Waals surface area contributed by atoms with E-state index in [4.69, 9.17) is 4.74 Å². The van der Waals surface area contributed by atoms with Crippen LogP contribution in [0.25, 0.3) is 6.08 Å². The second-order valence-corrected chi connectivity index (χ2v) is 3.67. The minimum absolute atomic E-state index is 0.0523. The molecule has 0 fully saturated rings. The van der Waals surface area contributed by atoms with Crippen LogP contribution in [0.3, 0.4) is 0 Å². The number of ketones is 1. The van der Waals surface area contributed by atoms with Gasteiger partial charge in [-0.25, -0.2) is 0 Å². The summed E-state index contributed by atoms with van der Waals surface area (Å²) in [7, 11) is 0. The fourth-order valence-corrected chi connectivity index (χ4v) is 1.55.